The molecule has 0 aromatic carbocycles. The second-order valence-electron chi connectivity index (χ2n) is 2.68. The molecule has 5 heteroatoms. The van der Waals surface area contributed by atoms with Crippen molar-refractivity contribution in [1.82, 2.24) is 15.8 Å². The van der Waals surface area contributed by atoms with Gasteiger partial charge in [-0.15, -0.1) is 0 Å². The highest BCUT2D eigenvalue weighted by molar-refractivity contribution is 5.68. The van der Waals surface area contributed by atoms with E-state index in [1.54, 1.807) is 12.3 Å². The topological polar surface area (TPSA) is 64.6 Å². The molecule has 0 aromatic rings. The van der Waals surface area contributed by atoms with Gasteiger partial charge in [0.05, 0.1) is 11.7 Å². The lowest BCUT2D eigenvalue weighted by Gasteiger charge is -2.24. The smallest absolute Gasteiger partial charge is 0.412 e. The van der Waals surface area contributed by atoms with Gasteiger partial charge in [0, 0.05) is 12.7 Å². The van der Waals surface area contributed by atoms with Gasteiger partial charge in [-0.2, -0.15) is 0 Å². The Morgan fingerprint density at radius 1 is 1.75 bits per heavy atom. The summed E-state index contributed by atoms with van der Waals surface area (Å²) in [6, 6.07) is -0.0903. The number of amides is 1. The summed E-state index contributed by atoms with van der Waals surface area (Å²) in [6.45, 7) is 0.614. The van der Waals surface area contributed by atoms with Crippen LogP contribution in [0.15, 0.2) is 24.0 Å². The van der Waals surface area contributed by atoms with Crippen LogP contribution in [-0.4, -0.2) is 28.7 Å². The maximum atomic E-state index is 10.7. The Bertz CT molecular complexity index is 272. The fraction of sp³-hybridized carbons (Fsp3) is 0.286. The van der Waals surface area contributed by atoms with Crippen LogP contribution < -0.4 is 10.9 Å². The summed E-state index contributed by atoms with van der Waals surface area (Å²) in [5, 5.41) is 8.78. The highest BCUT2D eigenvalue weighted by atomic mass is 16.4. The molecule has 64 valence electrons. The van der Waals surface area contributed by atoms with Crippen LogP contribution in [0.3, 0.4) is 0 Å². The third kappa shape index (κ3) is 0.947. The summed E-state index contributed by atoms with van der Waals surface area (Å²) in [6.07, 6.45) is 4.21. The van der Waals surface area contributed by atoms with Crippen LogP contribution in [0, 0.1) is 0 Å². The van der Waals surface area contributed by atoms with Gasteiger partial charge in [-0.1, -0.05) is 0 Å². The molecule has 1 saturated heterocycles. The molecule has 1 unspecified atom stereocenters. The molecule has 2 heterocycles. The van der Waals surface area contributed by atoms with Gasteiger partial charge in [-0.05, 0) is 12.2 Å². The molecule has 0 aliphatic carbocycles. The monoisotopic (exact) mass is 167 g/mol. The van der Waals surface area contributed by atoms with E-state index < -0.39 is 6.09 Å². The number of carboxylic acid groups (broad SMARTS) is 1. The molecule has 1 amide bonds. The minimum atomic E-state index is -0.924. The molecule has 2 aliphatic rings. The normalized spacial score (nSPS) is 26.2. The van der Waals surface area contributed by atoms with Gasteiger partial charge in [-0.25, -0.2) is 10.2 Å². The van der Waals surface area contributed by atoms with Crippen molar-refractivity contribution < 1.29 is 9.90 Å². The molecule has 3 N–H and O–H groups in total. The van der Waals surface area contributed by atoms with E-state index in [1.807, 2.05) is 6.08 Å². The molecule has 1 atom stereocenters. The Balaban J connectivity index is 2.24. The van der Waals surface area contributed by atoms with E-state index in [1.165, 1.54) is 4.90 Å². The number of hydrazine groups is 1. The lowest BCUT2D eigenvalue weighted by molar-refractivity contribution is 0.155. The van der Waals surface area contributed by atoms with E-state index in [-0.39, 0.29) is 6.04 Å². The Labute approximate surface area is 69.3 Å². The molecule has 0 saturated carbocycles. The Morgan fingerprint density at radius 3 is 3.33 bits per heavy atom. The first-order chi connectivity index (χ1) is 5.79. The molecule has 0 spiro atoms. The zero-order chi connectivity index (χ0) is 8.55. The highest BCUT2D eigenvalue weighted by Gasteiger charge is 2.30. The molecule has 2 rings (SSSR count). The summed E-state index contributed by atoms with van der Waals surface area (Å²) in [5.74, 6) is 0. The van der Waals surface area contributed by atoms with Crippen molar-refractivity contribution in [3.8, 4) is 0 Å². The summed E-state index contributed by atoms with van der Waals surface area (Å²) in [4.78, 5) is 12.0. The van der Waals surface area contributed by atoms with E-state index in [9.17, 15) is 4.79 Å². The second kappa shape index (κ2) is 2.53. The third-order valence-corrected chi connectivity index (χ3v) is 1.97. The molecule has 2 aliphatic heterocycles. The van der Waals surface area contributed by atoms with Crippen molar-refractivity contribution in [1.29, 1.82) is 0 Å². The Morgan fingerprint density at radius 2 is 2.58 bits per heavy atom. The van der Waals surface area contributed by atoms with Crippen molar-refractivity contribution in [2.24, 2.45) is 0 Å². The van der Waals surface area contributed by atoms with Gasteiger partial charge in [0.25, 0.3) is 0 Å². The van der Waals surface area contributed by atoms with Crippen LogP contribution in [0.1, 0.15) is 0 Å². The molecule has 12 heavy (non-hydrogen) atoms. The summed E-state index contributed by atoms with van der Waals surface area (Å²) >= 11 is 0. The van der Waals surface area contributed by atoms with Gasteiger partial charge < -0.3 is 10.5 Å². The second-order valence-corrected chi connectivity index (χ2v) is 2.68. The minimum Gasteiger partial charge on any atom is -0.465 e. The number of rotatable bonds is 0. The van der Waals surface area contributed by atoms with Gasteiger partial charge >= 0.3 is 6.09 Å². The largest absolute Gasteiger partial charge is 0.465 e. The van der Waals surface area contributed by atoms with Gasteiger partial charge in [0.2, 0.25) is 0 Å². The molecule has 0 aromatic heterocycles. The van der Waals surface area contributed by atoms with E-state index in [4.69, 9.17) is 5.11 Å². The SMILES string of the molecule is O=C(O)N1C=CC=C2NNCC21. The number of nitrogens with one attached hydrogen (secondary N) is 2. The zero-order valence-corrected chi connectivity index (χ0v) is 6.32. The lowest BCUT2D eigenvalue weighted by atomic mass is 10.1. The van der Waals surface area contributed by atoms with Crippen LogP contribution >= 0.6 is 0 Å². The van der Waals surface area contributed by atoms with E-state index >= 15 is 0 Å². The van der Waals surface area contributed by atoms with Crippen molar-refractivity contribution in [2.75, 3.05) is 6.54 Å². The number of allylic oxidation sites excluding steroid dienone is 2. The molecule has 0 radical (unpaired) electrons. The Hall–Kier alpha value is -1.49. The first-order valence-corrected chi connectivity index (χ1v) is 3.67. The average Bonchev–Trinajstić information content (AvgIpc) is 2.49. The highest BCUT2D eigenvalue weighted by Crippen LogP contribution is 2.16. The third-order valence-electron chi connectivity index (χ3n) is 1.97. The van der Waals surface area contributed by atoms with E-state index in [0.29, 0.717) is 6.54 Å². The quantitative estimate of drug-likeness (QED) is 0.469. The van der Waals surface area contributed by atoms with E-state index in [2.05, 4.69) is 10.9 Å². The lowest BCUT2D eigenvalue weighted by Crippen LogP contribution is -2.38. The first-order valence-electron chi connectivity index (χ1n) is 3.67. The molecule has 0 bridgehead atoms. The van der Waals surface area contributed by atoms with Crippen LogP contribution in [0.25, 0.3) is 0 Å². The number of hydrogen-bond donors (Lipinski definition) is 3. The van der Waals surface area contributed by atoms with Gasteiger partial charge in [0.1, 0.15) is 0 Å². The maximum Gasteiger partial charge on any atom is 0.412 e. The maximum absolute atomic E-state index is 10.7. The Kier molecular flexibility index (Phi) is 1.51. The summed E-state index contributed by atoms with van der Waals surface area (Å²) in [5.41, 5.74) is 6.69. The van der Waals surface area contributed by atoms with Crippen LogP contribution in [0.2, 0.25) is 0 Å². The fourth-order valence-corrected chi connectivity index (χ4v) is 1.38. The predicted molar refractivity (Wildman–Crippen MR) is 42.0 cm³/mol. The number of fused-ring (bicyclic) bond motifs is 1. The van der Waals surface area contributed by atoms with E-state index in [0.717, 1.165) is 5.70 Å². The van der Waals surface area contributed by atoms with Crippen molar-refractivity contribution in [2.45, 2.75) is 6.04 Å². The molecular weight excluding hydrogens is 158 g/mol. The summed E-state index contributed by atoms with van der Waals surface area (Å²) < 4.78 is 0. The standard InChI is InChI=1S/C7H9N3O2/c11-7(12)10-3-1-2-5-6(10)4-8-9-5/h1-3,6,8-9H,4H2,(H,11,12). The van der Waals surface area contributed by atoms with Crippen molar-refractivity contribution in [3.05, 3.63) is 24.0 Å². The fourth-order valence-electron chi connectivity index (χ4n) is 1.38. The van der Waals surface area contributed by atoms with Crippen molar-refractivity contribution in [3.63, 3.8) is 0 Å². The number of hydrogen-bond acceptors (Lipinski definition) is 3. The minimum absolute atomic E-state index is 0.0903. The van der Waals surface area contributed by atoms with Gasteiger partial charge in [-0.3, -0.25) is 4.90 Å². The predicted octanol–water partition coefficient (Wildman–Crippen LogP) is -0.146. The van der Waals surface area contributed by atoms with Crippen LogP contribution in [0.4, 0.5) is 4.79 Å². The van der Waals surface area contributed by atoms with Crippen molar-refractivity contribution >= 4 is 6.09 Å². The molecular formula is C7H9N3O2. The first kappa shape index (κ1) is 7.17. The van der Waals surface area contributed by atoms with Crippen LogP contribution in [-0.2, 0) is 0 Å². The molecule has 5 nitrogen and oxygen atoms in total. The molecule has 1 fully saturated rings. The number of carbonyl (C=O) groups is 1. The van der Waals surface area contributed by atoms with Gasteiger partial charge in [0.15, 0.2) is 0 Å². The average molecular weight is 167 g/mol. The summed E-state index contributed by atoms with van der Waals surface area (Å²) in [7, 11) is 0. The zero-order valence-electron chi connectivity index (χ0n) is 6.32. The number of nitrogens with zero attached hydrogens (tertiary/aromatic N) is 1. The van der Waals surface area contributed by atoms with Crippen LogP contribution in [0.5, 0.6) is 0 Å².